The molecule has 96 valence electrons. The van der Waals surface area contributed by atoms with Crippen molar-refractivity contribution in [3.8, 4) is 0 Å². The predicted molar refractivity (Wildman–Crippen MR) is 72.4 cm³/mol. The van der Waals surface area contributed by atoms with Crippen LogP contribution in [-0.4, -0.2) is 16.5 Å². The average Bonchev–Trinajstić information content (AvgIpc) is 2.25. The van der Waals surface area contributed by atoms with Crippen LogP contribution in [0.5, 0.6) is 0 Å². The zero-order valence-corrected chi connectivity index (χ0v) is 13.5. The highest BCUT2D eigenvalue weighted by Crippen LogP contribution is 2.29. The summed E-state index contributed by atoms with van der Waals surface area (Å²) in [5.41, 5.74) is 0.294. The van der Waals surface area contributed by atoms with Gasteiger partial charge in [-0.25, -0.2) is 0 Å². The van der Waals surface area contributed by atoms with Gasteiger partial charge in [0.15, 0.2) is 0 Å². The smallest absolute Gasteiger partial charge is 0.291 e. The van der Waals surface area contributed by atoms with Crippen LogP contribution in [0.2, 0.25) is 0 Å². The lowest BCUT2D eigenvalue weighted by Crippen LogP contribution is -2.14. The van der Waals surface area contributed by atoms with Crippen molar-refractivity contribution in [2.75, 3.05) is 0 Å². The first-order valence-corrected chi connectivity index (χ1v) is 7.40. The van der Waals surface area contributed by atoms with Crippen molar-refractivity contribution in [2.24, 2.45) is 5.41 Å². The molecule has 0 N–H and O–H groups in total. The minimum atomic E-state index is -0.0225. The first-order chi connectivity index (χ1) is 7.52. The molecule has 0 aromatic rings. The minimum absolute atomic E-state index is 0.0225. The topological polar surface area (TPSA) is 26.3 Å². The summed E-state index contributed by atoms with van der Waals surface area (Å²) >= 11 is 0. The van der Waals surface area contributed by atoms with Crippen molar-refractivity contribution in [3.63, 3.8) is 0 Å². The third-order valence-electron chi connectivity index (χ3n) is 3.19. The molecule has 0 aromatic heterocycles. The highest BCUT2D eigenvalue weighted by atomic mass is 28.2. The van der Waals surface area contributed by atoms with E-state index in [2.05, 4.69) is 20.8 Å². The van der Waals surface area contributed by atoms with Crippen LogP contribution >= 0.6 is 0 Å². The lowest BCUT2D eigenvalue weighted by atomic mass is 9.82. The summed E-state index contributed by atoms with van der Waals surface area (Å²) < 4.78 is 4.80. The molecule has 16 heavy (non-hydrogen) atoms. The van der Waals surface area contributed by atoms with Crippen molar-refractivity contribution >= 4 is 16.5 Å². The van der Waals surface area contributed by atoms with Gasteiger partial charge in [0.1, 0.15) is 0 Å². The first kappa shape index (κ1) is 15.7. The molecule has 0 aliphatic rings. The second-order valence-electron chi connectivity index (χ2n) is 5.40. The van der Waals surface area contributed by atoms with E-state index in [1.54, 1.807) is 0 Å². The van der Waals surface area contributed by atoms with E-state index in [0.29, 0.717) is 22.3 Å². The van der Waals surface area contributed by atoms with Crippen LogP contribution < -0.4 is 0 Å². The molecular formula is C13H28O2Si. The molecule has 0 amide bonds. The Morgan fingerprint density at radius 1 is 1.12 bits per heavy atom. The van der Waals surface area contributed by atoms with Gasteiger partial charge in [-0.15, -0.1) is 0 Å². The molecule has 0 fully saturated rings. The van der Waals surface area contributed by atoms with Crippen LogP contribution in [0.1, 0.15) is 72.1 Å². The standard InChI is InChI=1S/C13H28O2Si/c1-4-5-6-7-8-10-13(2,3)11-9-12(14)15-16/h4-11H2,1-3,16H3. The van der Waals surface area contributed by atoms with Gasteiger partial charge in [-0.1, -0.05) is 52.9 Å². The number of hydrogen-bond acceptors (Lipinski definition) is 2. The molecule has 2 nitrogen and oxygen atoms in total. The third-order valence-corrected chi connectivity index (χ3v) is 3.65. The van der Waals surface area contributed by atoms with Crippen LogP contribution in [0.4, 0.5) is 0 Å². The minimum Gasteiger partial charge on any atom is -0.529 e. The Morgan fingerprint density at radius 3 is 2.31 bits per heavy atom. The molecule has 0 saturated carbocycles. The largest absolute Gasteiger partial charge is 0.529 e. The molecule has 0 unspecified atom stereocenters. The van der Waals surface area contributed by atoms with Gasteiger partial charge in [0.05, 0.1) is 0 Å². The molecule has 0 atom stereocenters. The molecule has 0 aliphatic carbocycles. The Balaban J connectivity index is 3.57. The van der Waals surface area contributed by atoms with E-state index < -0.39 is 0 Å². The van der Waals surface area contributed by atoms with E-state index in [1.165, 1.54) is 38.5 Å². The maximum Gasteiger partial charge on any atom is 0.291 e. The van der Waals surface area contributed by atoms with Crippen molar-refractivity contribution in [1.29, 1.82) is 0 Å². The fraction of sp³-hybridized carbons (Fsp3) is 0.923. The summed E-state index contributed by atoms with van der Waals surface area (Å²) in [4.78, 5) is 11.1. The SMILES string of the molecule is CCCCCCCC(C)(C)CCC(=O)O[SiH3]. The molecule has 0 bridgehead atoms. The number of rotatable bonds is 9. The molecule has 0 aromatic carbocycles. The van der Waals surface area contributed by atoms with Crippen LogP contribution in [0.15, 0.2) is 0 Å². The fourth-order valence-electron chi connectivity index (χ4n) is 1.87. The lowest BCUT2D eigenvalue weighted by molar-refractivity contribution is -0.134. The Labute approximate surface area is 104 Å². The summed E-state index contributed by atoms with van der Waals surface area (Å²) in [7, 11) is 0.528. The third kappa shape index (κ3) is 8.95. The van der Waals surface area contributed by atoms with E-state index in [-0.39, 0.29) is 5.97 Å². The molecule has 3 heteroatoms. The van der Waals surface area contributed by atoms with Crippen molar-refractivity contribution in [2.45, 2.75) is 72.1 Å². The summed E-state index contributed by atoms with van der Waals surface area (Å²) in [5, 5.41) is 0. The lowest BCUT2D eigenvalue weighted by Gasteiger charge is -2.24. The van der Waals surface area contributed by atoms with Crippen molar-refractivity contribution in [3.05, 3.63) is 0 Å². The quantitative estimate of drug-likeness (QED) is 0.460. The van der Waals surface area contributed by atoms with Gasteiger partial charge in [-0.3, -0.25) is 4.79 Å². The highest BCUT2D eigenvalue weighted by molar-refractivity contribution is 6.05. The van der Waals surface area contributed by atoms with E-state index in [0.717, 1.165) is 6.42 Å². The van der Waals surface area contributed by atoms with Gasteiger partial charge in [0.25, 0.3) is 5.97 Å². The van der Waals surface area contributed by atoms with Crippen molar-refractivity contribution in [1.82, 2.24) is 0 Å². The maximum atomic E-state index is 11.1. The van der Waals surface area contributed by atoms with Crippen molar-refractivity contribution < 1.29 is 9.22 Å². The average molecular weight is 244 g/mol. The van der Waals surface area contributed by atoms with Gasteiger partial charge in [-0.05, 0) is 18.3 Å². The molecule has 0 radical (unpaired) electrons. The second-order valence-corrected chi connectivity index (χ2v) is 5.81. The zero-order chi connectivity index (χ0) is 12.4. The van der Waals surface area contributed by atoms with E-state index in [1.807, 2.05) is 0 Å². The van der Waals surface area contributed by atoms with E-state index in [4.69, 9.17) is 4.43 Å². The number of hydrogen-bond donors (Lipinski definition) is 0. The number of unbranched alkanes of at least 4 members (excludes halogenated alkanes) is 4. The highest BCUT2D eigenvalue weighted by Gasteiger charge is 2.18. The van der Waals surface area contributed by atoms with Gasteiger partial charge in [-0.2, -0.15) is 0 Å². The Kier molecular flexibility index (Phi) is 8.62. The van der Waals surface area contributed by atoms with Crippen LogP contribution in [0, 0.1) is 5.41 Å². The molecule has 0 aliphatic heterocycles. The molecule has 0 spiro atoms. The van der Waals surface area contributed by atoms with Gasteiger partial charge in [0, 0.05) is 6.42 Å². The van der Waals surface area contributed by atoms with Gasteiger partial charge < -0.3 is 4.43 Å². The van der Waals surface area contributed by atoms with Gasteiger partial charge >= 0.3 is 0 Å². The normalized spacial score (nSPS) is 11.7. The molecular weight excluding hydrogens is 216 g/mol. The van der Waals surface area contributed by atoms with E-state index in [9.17, 15) is 4.79 Å². The summed E-state index contributed by atoms with van der Waals surface area (Å²) in [5.74, 6) is -0.0225. The number of carbonyl (C=O) groups is 1. The summed E-state index contributed by atoms with van der Waals surface area (Å²) in [6.45, 7) is 6.75. The Hall–Kier alpha value is -0.313. The fourth-order valence-corrected chi connectivity index (χ4v) is 2.08. The number of carbonyl (C=O) groups excluding carboxylic acids is 1. The molecule has 0 heterocycles. The van der Waals surface area contributed by atoms with Crippen LogP contribution in [0.25, 0.3) is 0 Å². The monoisotopic (exact) mass is 244 g/mol. The molecule has 0 rings (SSSR count). The summed E-state index contributed by atoms with van der Waals surface area (Å²) in [6, 6.07) is 0. The van der Waals surface area contributed by atoms with Gasteiger partial charge in [0.2, 0.25) is 10.5 Å². The van der Waals surface area contributed by atoms with E-state index >= 15 is 0 Å². The Morgan fingerprint density at radius 2 is 1.75 bits per heavy atom. The van der Waals surface area contributed by atoms with Crippen LogP contribution in [0.3, 0.4) is 0 Å². The molecule has 0 saturated heterocycles. The van der Waals surface area contributed by atoms with Crippen LogP contribution in [-0.2, 0) is 9.22 Å². The second kappa shape index (κ2) is 8.80. The summed E-state index contributed by atoms with van der Waals surface area (Å²) in [6.07, 6.45) is 9.42. The maximum absolute atomic E-state index is 11.1. The Bertz CT molecular complexity index is 190. The zero-order valence-electron chi connectivity index (χ0n) is 11.5. The predicted octanol–water partition coefficient (Wildman–Crippen LogP) is 2.98. The first-order valence-electron chi connectivity index (χ1n) is 6.58.